The molecular weight excluding hydrogens is 644 g/mol. The van der Waals surface area contributed by atoms with Crippen molar-refractivity contribution in [3.8, 4) is 0 Å². The molecule has 2 saturated heterocycles. The van der Waals surface area contributed by atoms with Crippen LogP contribution >= 0.6 is 0 Å². The highest BCUT2D eigenvalue weighted by Crippen LogP contribution is 2.42. The Morgan fingerprint density at radius 1 is 1.04 bits per heavy atom. The van der Waals surface area contributed by atoms with Gasteiger partial charge in [0.1, 0.15) is 17.9 Å². The van der Waals surface area contributed by atoms with Gasteiger partial charge in [0.2, 0.25) is 6.41 Å². The minimum Gasteiger partial charge on any atom is -0.392 e. The van der Waals surface area contributed by atoms with Crippen molar-refractivity contribution < 1.29 is 19.4 Å². The molecule has 4 heterocycles. The Bertz CT molecular complexity index is 1640. The van der Waals surface area contributed by atoms with Crippen molar-refractivity contribution >= 4 is 35.6 Å². The summed E-state index contributed by atoms with van der Waals surface area (Å²) in [5, 5.41) is 14.1. The van der Waals surface area contributed by atoms with Crippen LogP contribution in [0.15, 0.2) is 72.0 Å². The van der Waals surface area contributed by atoms with Crippen LogP contribution in [0.3, 0.4) is 0 Å². The van der Waals surface area contributed by atoms with Crippen LogP contribution in [0.5, 0.6) is 0 Å². The van der Waals surface area contributed by atoms with Crippen molar-refractivity contribution in [1.29, 1.82) is 0 Å². The van der Waals surface area contributed by atoms with Gasteiger partial charge in [0, 0.05) is 95.3 Å². The van der Waals surface area contributed by atoms with E-state index in [-0.39, 0.29) is 12.0 Å². The second kappa shape index (κ2) is 17.1. The molecule has 5 rings (SSSR count). The van der Waals surface area contributed by atoms with Crippen LogP contribution in [-0.2, 0) is 20.9 Å². The maximum atomic E-state index is 11.7. The Balaban J connectivity index is 1.29. The summed E-state index contributed by atoms with van der Waals surface area (Å²) >= 11 is 0. The molecule has 0 bridgehead atoms. The SMILES string of the molecule is C/C(=C\C(=C/N(C)C=O)c1ccnc(N(C)CCN(C)C2=C(/C=C/C=O)CC(C)(C)C2)c1CO)Nc1ccc(N2CCN(C3COC3)CC2)cn1. The smallest absolute Gasteiger partial charge is 0.213 e. The largest absolute Gasteiger partial charge is 0.392 e. The van der Waals surface area contributed by atoms with Crippen molar-refractivity contribution in [3.05, 3.63) is 83.1 Å². The zero-order valence-corrected chi connectivity index (χ0v) is 31.0. The highest BCUT2D eigenvalue weighted by Gasteiger charge is 2.31. The molecule has 2 aromatic heterocycles. The molecule has 0 unspecified atom stereocenters. The van der Waals surface area contributed by atoms with Gasteiger partial charge < -0.3 is 34.8 Å². The van der Waals surface area contributed by atoms with E-state index in [1.54, 1.807) is 25.5 Å². The molecule has 12 nitrogen and oxygen atoms in total. The number of nitrogens with zero attached hydrogens (tertiary/aromatic N) is 7. The second-order valence-corrected chi connectivity index (χ2v) is 14.6. The summed E-state index contributed by atoms with van der Waals surface area (Å²) in [6.45, 7) is 13.3. The second-order valence-electron chi connectivity index (χ2n) is 14.6. The number of carbonyl (C=O) groups is 2. The fourth-order valence-corrected chi connectivity index (χ4v) is 7.05. The van der Waals surface area contributed by atoms with Gasteiger partial charge in [-0.05, 0) is 66.7 Å². The quantitative estimate of drug-likeness (QED) is 0.150. The molecule has 2 N–H and O–H groups in total. The number of aromatic nitrogens is 2. The lowest BCUT2D eigenvalue weighted by atomic mass is 9.89. The fraction of sp³-hybridized carbons (Fsp3) is 0.487. The van der Waals surface area contributed by atoms with Gasteiger partial charge in [-0.15, -0.1) is 0 Å². The minimum absolute atomic E-state index is 0.136. The molecule has 51 heavy (non-hydrogen) atoms. The molecule has 0 atom stereocenters. The number of allylic oxidation sites excluding steroid dienone is 7. The van der Waals surface area contributed by atoms with Gasteiger partial charge in [0.05, 0.1) is 37.7 Å². The first kappa shape index (κ1) is 37.7. The lowest BCUT2D eigenvalue weighted by Crippen LogP contribution is -2.56. The Morgan fingerprint density at radius 3 is 2.41 bits per heavy atom. The third-order valence-corrected chi connectivity index (χ3v) is 9.93. The highest BCUT2D eigenvalue weighted by atomic mass is 16.5. The van der Waals surface area contributed by atoms with E-state index in [9.17, 15) is 14.7 Å². The number of rotatable bonds is 16. The molecule has 1 amide bonds. The van der Waals surface area contributed by atoms with Crippen LogP contribution in [0.4, 0.5) is 17.3 Å². The molecule has 0 radical (unpaired) electrons. The van der Waals surface area contributed by atoms with Crippen molar-refractivity contribution in [1.82, 2.24) is 24.7 Å². The van der Waals surface area contributed by atoms with Crippen LogP contribution in [0.2, 0.25) is 0 Å². The lowest BCUT2D eigenvalue weighted by molar-refractivity contribution is -0.115. The maximum Gasteiger partial charge on any atom is 0.213 e. The Labute approximate surface area is 302 Å². The first-order chi connectivity index (χ1) is 24.5. The van der Waals surface area contributed by atoms with Gasteiger partial charge in [0.25, 0.3) is 0 Å². The highest BCUT2D eigenvalue weighted by molar-refractivity contribution is 5.80. The van der Waals surface area contributed by atoms with Gasteiger partial charge in [0.15, 0.2) is 0 Å². The number of nitrogens with one attached hydrogen (secondary N) is 1. The number of likely N-dealkylation sites (N-methyl/N-ethyl adjacent to an activating group) is 2. The fourth-order valence-electron chi connectivity index (χ4n) is 7.05. The van der Waals surface area contributed by atoms with E-state index >= 15 is 0 Å². The topological polar surface area (TPSA) is 118 Å². The first-order valence-electron chi connectivity index (χ1n) is 17.7. The Kier molecular flexibility index (Phi) is 12.7. The summed E-state index contributed by atoms with van der Waals surface area (Å²) in [6, 6.07) is 6.52. The maximum absolute atomic E-state index is 11.7. The van der Waals surface area contributed by atoms with E-state index in [2.05, 4.69) is 56.9 Å². The number of aliphatic hydroxyl groups is 1. The van der Waals surface area contributed by atoms with Gasteiger partial charge in [-0.2, -0.15) is 0 Å². The van der Waals surface area contributed by atoms with E-state index in [4.69, 9.17) is 9.72 Å². The molecule has 2 fully saturated rings. The standard InChI is InChI=1S/C39H54N8O4/c1-29(42-37-10-9-32(23-41-37)46-15-17-47(18-16-46)33-26-51-27-33)20-31(24-43(4)28-50)34-11-12-40-38(35(34)25-49)45(6)14-13-44(5)36-22-39(2,3)21-30(36)8-7-19-48/h7-12,19-20,23-24,28,33,49H,13-18,21-22,25-27H2,1-6H3,(H,41,42)/b8-7+,29-20+,31-24+. The number of ether oxygens (including phenoxy) is 1. The predicted molar refractivity (Wildman–Crippen MR) is 203 cm³/mol. The monoisotopic (exact) mass is 698 g/mol. The van der Waals surface area contributed by atoms with Crippen molar-refractivity contribution in [2.45, 2.75) is 46.3 Å². The average molecular weight is 699 g/mol. The summed E-state index contributed by atoms with van der Waals surface area (Å²) in [7, 11) is 5.74. The lowest BCUT2D eigenvalue weighted by Gasteiger charge is -2.43. The number of pyridine rings is 2. The number of hydrogen-bond donors (Lipinski definition) is 2. The minimum atomic E-state index is -0.229. The molecule has 0 aromatic carbocycles. The van der Waals surface area contributed by atoms with Gasteiger partial charge in [-0.1, -0.05) is 19.9 Å². The molecule has 0 spiro atoms. The van der Waals surface area contributed by atoms with Crippen molar-refractivity contribution in [3.63, 3.8) is 0 Å². The summed E-state index contributed by atoms with van der Waals surface area (Å²) in [5.74, 6) is 1.39. The number of aldehydes is 1. The molecule has 2 aliphatic heterocycles. The van der Waals surface area contributed by atoms with E-state index in [1.807, 2.05) is 44.5 Å². The Hall–Kier alpha value is -4.52. The van der Waals surface area contributed by atoms with E-state index in [0.717, 1.165) is 94.0 Å². The van der Waals surface area contributed by atoms with Crippen LogP contribution in [-0.4, -0.2) is 122 Å². The molecule has 1 aliphatic carbocycles. The number of anilines is 3. The molecule has 12 heteroatoms. The Morgan fingerprint density at radius 2 is 1.78 bits per heavy atom. The van der Waals surface area contributed by atoms with Crippen LogP contribution in [0.25, 0.3) is 5.57 Å². The van der Waals surface area contributed by atoms with Crippen molar-refractivity contribution in [2.24, 2.45) is 5.41 Å². The molecule has 274 valence electrons. The van der Waals surface area contributed by atoms with Crippen LogP contribution in [0.1, 0.15) is 44.7 Å². The number of aliphatic hydroxyl groups excluding tert-OH is 1. The number of amides is 1. The summed E-state index contributed by atoms with van der Waals surface area (Å²) in [5.41, 5.74) is 6.68. The number of piperazine rings is 1. The molecule has 3 aliphatic rings. The average Bonchev–Trinajstić information content (AvgIpc) is 3.42. The first-order valence-corrected chi connectivity index (χ1v) is 17.7. The van der Waals surface area contributed by atoms with E-state index in [1.165, 1.54) is 16.2 Å². The van der Waals surface area contributed by atoms with E-state index < -0.39 is 0 Å². The third-order valence-electron chi connectivity index (χ3n) is 9.93. The summed E-state index contributed by atoms with van der Waals surface area (Å²) < 4.78 is 5.37. The molecule has 0 saturated carbocycles. The van der Waals surface area contributed by atoms with Gasteiger partial charge >= 0.3 is 0 Å². The van der Waals surface area contributed by atoms with E-state index in [0.29, 0.717) is 29.8 Å². The number of hydrogen-bond acceptors (Lipinski definition) is 11. The van der Waals surface area contributed by atoms with Crippen molar-refractivity contribution in [2.75, 3.05) is 88.7 Å². The van der Waals surface area contributed by atoms with Gasteiger partial charge in [-0.25, -0.2) is 9.97 Å². The molecular formula is C39H54N8O4. The summed E-state index contributed by atoms with van der Waals surface area (Å²) in [4.78, 5) is 42.8. The normalized spacial score (nSPS) is 18.6. The molecule has 2 aromatic rings. The van der Waals surface area contributed by atoms with Crippen LogP contribution < -0.4 is 15.1 Å². The predicted octanol–water partition coefficient (Wildman–Crippen LogP) is 4.13. The zero-order chi connectivity index (χ0) is 36.5. The zero-order valence-electron chi connectivity index (χ0n) is 31.0. The summed E-state index contributed by atoms with van der Waals surface area (Å²) in [6.07, 6.45) is 14.3. The van der Waals surface area contributed by atoms with Gasteiger partial charge in [-0.3, -0.25) is 14.5 Å². The van der Waals surface area contributed by atoms with Crippen LogP contribution in [0, 0.1) is 5.41 Å². The number of carbonyl (C=O) groups excluding carboxylic acids is 2. The third kappa shape index (κ3) is 9.63.